The molecule has 0 aliphatic heterocycles. The van der Waals surface area contributed by atoms with Crippen LogP contribution in [0.1, 0.15) is 74.9 Å². The summed E-state index contributed by atoms with van der Waals surface area (Å²) in [5, 5.41) is 29.2. The SMILES string of the molecule is C=C1c2nc(C(C)C)c(/C=C/[C@@H](O)C[C@@H](O)CC(=O)O)c(-c3ccc(F)cc3)c2CCCC1C. The topological polar surface area (TPSA) is 90.7 Å². The van der Waals surface area contributed by atoms with Crippen LogP contribution in [0.2, 0.25) is 0 Å². The number of aliphatic hydroxyl groups excluding tert-OH is 2. The molecule has 1 aromatic heterocycles. The van der Waals surface area contributed by atoms with Crippen LogP contribution in [0.3, 0.4) is 0 Å². The lowest BCUT2D eigenvalue weighted by molar-refractivity contribution is -0.139. The van der Waals surface area contributed by atoms with E-state index in [4.69, 9.17) is 10.1 Å². The fraction of sp³-hybridized carbons (Fsp3) is 0.429. The molecule has 3 rings (SSSR count). The van der Waals surface area contributed by atoms with E-state index in [1.54, 1.807) is 24.3 Å². The largest absolute Gasteiger partial charge is 0.481 e. The Bertz CT molecular complexity index is 1070. The van der Waals surface area contributed by atoms with Crippen LogP contribution in [-0.2, 0) is 11.2 Å². The minimum absolute atomic E-state index is 0.0743. The number of aromatic nitrogens is 1. The first-order valence-electron chi connectivity index (χ1n) is 11.9. The molecule has 1 heterocycles. The molecule has 6 heteroatoms. The summed E-state index contributed by atoms with van der Waals surface area (Å²) >= 11 is 0. The Labute approximate surface area is 200 Å². The summed E-state index contributed by atoms with van der Waals surface area (Å²) < 4.78 is 13.8. The summed E-state index contributed by atoms with van der Waals surface area (Å²) in [6.45, 7) is 10.6. The average molecular weight is 468 g/mol. The zero-order chi connectivity index (χ0) is 25.0. The number of aliphatic carboxylic acids is 1. The minimum Gasteiger partial charge on any atom is -0.481 e. The predicted molar refractivity (Wildman–Crippen MR) is 133 cm³/mol. The quantitative estimate of drug-likeness (QED) is 0.440. The highest BCUT2D eigenvalue weighted by Gasteiger charge is 2.26. The van der Waals surface area contributed by atoms with Gasteiger partial charge in [0.2, 0.25) is 0 Å². The van der Waals surface area contributed by atoms with Gasteiger partial charge in [0, 0.05) is 12.0 Å². The molecule has 182 valence electrons. The summed E-state index contributed by atoms with van der Waals surface area (Å²) in [7, 11) is 0. The lowest BCUT2D eigenvalue weighted by Gasteiger charge is -2.23. The maximum Gasteiger partial charge on any atom is 0.305 e. The number of benzene rings is 1. The van der Waals surface area contributed by atoms with Crippen LogP contribution in [0.4, 0.5) is 4.39 Å². The molecule has 1 aliphatic carbocycles. The molecule has 2 aromatic rings. The molecular formula is C28H34FNO4. The number of hydrogen-bond acceptors (Lipinski definition) is 4. The van der Waals surface area contributed by atoms with Gasteiger partial charge in [-0.3, -0.25) is 9.78 Å². The number of nitrogens with zero attached hydrogens (tertiary/aromatic N) is 1. The maximum atomic E-state index is 13.8. The van der Waals surface area contributed by atoms with Gasteiger partial charge in [-0.1, -0.05) is 51.6 Å². The number of allylic oxidation sites excluding steroid dienone is 1. The van der Waals surface area contributed by atoms with E-state index in [1.807, 2.05) is 0 Å². The van der Waals surface area contributed by atoms with Crippen LogP contribution in [-0.4, -0.2) is 38.5 Å². The van der Waals surface area contributed by atoms with E-state index in [0.29, 0.717) is 5.92 Å². The highest BCUT2D eigenvalue weighted by Crippen LogP contribution is 2.41. The second-order valence-corrected chi connectivity index (χ2v) is 9.51. The van der Waals surface area contributed by atoms with Crippen molar-refractivity contribution < 1.29 is 24.5 Å². The van der Waals surface area contributed by atoms with E-state index < -0.39 is 24.6 Å². The molecule has 0 saturated heterocycles. The van der Waals surface area contributed by atoms with Crippen LogP contribution < -0.4 is 0 Å². The monoisotopic (exact) mass is 467 g/mol. The van der Waals surface area contributed by atoms with E-state index in [9.17, 15) is 19.4 Å². The molecule has 3 N–H and O–H groups in total. The number of carbonyl (C=O) groups is 1. The van der Waals surface area contributed by atoms with Gasteiger partial charge < -0.3 is 15.3 Å². The van der Waals surface area contributed by atoms with Gasteiger partial charge in [-0.25, -0.2) is 4.39 Å². The average Bonchev–Trinajstić information content (AvgIpc) is 2.89. The highest BCUT2D eigenvalue weighted by molar-refractivity contribution is 5.84. The van der Waals surface area contributed by atoms with Crippen molar-refractivity contribution in [1.82, 2.24) is 4.98 Å². The van der Waals surface area contributed by atoms with Crippen molar-refractivity contribution >= 4 is 17.6 Å². The second kappa shape index (κ2) is 11.1. The molecule has 0 saturated carbocycles. The van der Waals surface area contributed by atoms with Crippen LogP contribution in [0.5, 0.6) is 0 Å². The van der Waals surface area contributed by atoms with E-state index in [1.165, 1.54) is 12.1 Å². The van der Waals surface area contributed by atoms with Gasteiger partial charge in [0.05, 0.1) is 30.0 Å². The van der Waals surface area contributed by atoms with Crippen LogP contribution >= 0.6 is 0 Å². The van der Waals surface area contributed by atoms with Gasteiger partial charge in [0.15, 0.2) is 0 Å². The summed E-state index contributed by atoms with van der Waals surface area (Å²) in [5.41, 5.74) is 6.50. The second-order valence-electron chi connectivity index (χ2n) is 9.51. The van der Waals surface area contributed by atoms with Crippen molar-refractivity contribution in [3.63, 3.8) is 0 Å². The third kappa shape index (κ3) is 5.99. The van der Waals surface area contributed by atoms with E-state index in [0.717, 1.165) is 58.5 Å². The van der Waals surface area contributed by atoms with E-state index in [-0.39, 0.29) is 18.2 Å². The highest BCUT2D eigenvalue weighted by atomic mass is 19.1. The van der Waals surface area contributed by atoms with E-state index >= 15 is 0 Å². The number of carboxylic acid groups (broad SMARTS) is 1. The fourth-order valence-corrected chi connectivity index (χ4v) is 4.56. The molecular weight excluding hydrogens is 433 g/mol. The zero-order valence-electron chi connectivity index (χ0n) is 20.1. The first-order valence-corrected chi connectivity index (χ1v) is 11.9. The molecule has 0 amide bonds. The van der Waals surface area contributed by atoms with Crippen molar-refractivity contribution in [3.05, 3.63) is 65.3 Å². The van der Waals surface area contributed by atoms with Gasteiger partial charge >= 0.3 is 5.97 Å². The Morgan fingerprint density at radius 3 is 2.56 bits per heavy atom. The Morgan fingerprint density at radius 1 is 1.26 bits per heavy atom. The summed E-state index contributed by atoms with van der Waals surface area (Å²) in [6.07, 6.45) is 3.51. The standard InChI is InChI=1S/C28H34FNO4/c1-16(2)27-24(13-12-21(31)14-22(32)15-25(33)34)26(19-8-10-20(29)11-9-19)23-7-5-6-17(3)18(4)28(23)30-27/h8-13,16-17,21-22,31-32H,4-7,14-15H2,1-3H3,(H,33,34)/b13-12+/t17?,21-,22-/m1/s1. The fourth-order valence-electron chi connectivity index (χ4n) is 4.56. The lowest BCUT2D eigenvalue weighted by atomic mass is 9.86. The number of carboxylic acids is 1. The van der Waals surface area contributed by atoms with Gasteiger partial charge in [-0.2, -0.15) is 0 Å². The van der Waals surface area contributed by atoms with Crippen molar-refractivity contribution in [3.8, 4) is 11.1 Å². The Morgan fingerprint density at radius 2 is 1.94 bits per heavy atom. The van der Waals surface area contributed by atoms with Crippen molar-refractivity contribution in [2.24, 2.45) is 5.92 Å². The van der Waals surface area contributed by atoms with Crippen molar-refractivity contribution in [2.45, 2.75) is 71.0 Å². The molecule has 0 spiro atoms. The maximum absolute atomic E-state index is 13.8. The molecule has 0 bridgehead atoms. The summed E-state index contributed by atoms with van der Waals surface area (Å²) in [4.78, 5) is 15.9. The first-order chi connectivity index (χ1) is 16.1. The van der Waals surface area contributed by atoms with Crippen molar-refractivity contribution in [1.29, 1.82) is 0 Å². The molecule has 1 unspecified atom stereocenters. The number of rotatable bonds is 8. The molecule has 0 fully saturated rings. The lowest BCUT2D eigenvalue weighted by Crippen LogP contribution is -2.19. The number of fused-ring (bicyclic) bond motifs is 1. The summed E-state index contributed by atoms with van der Waals surface area (Å²) in [6, 6.07) is 6.40. The Hall–Kier alpha value is -2.83. The number of pyridine rings is 1. The molecule has 0 radical (unpaired) electrons. The van der Waals surface area contributed by atoms with Crippen LogP contribution in [0, 0.1) is 11.7 Å². The van der Waals surface area contributed by atoms with Crippen molar-refractivity contribution in [2.75, 3.05) is 0 Å². The Kier molecular flexibility index (Phi) is 8.39. The van der Waals surface area contributed by atoms with Gasteiger partial charge in [-0.15, -0.1) is 0 Å². The first kappa shape index (κ1) is 25.8. The molecule has 1 aliphatic rings. The van der Waals surface area contributed by atoms with Crippen LogP contribution in [0.25, 0.3) is 22.8 Å². The predicted octanol–water partition coefficient (Wildman–Crippen LogP) is 5.60. The third-order valence-corrected chi connectivity index (χ3v) is 6.42. The zero-order valence-corrected chi connectivity index (χ0v) is 20.1. The number of halogens is 1. The Balaban J connectivity index is 2.17. The van der Waals surface area contributed by atoms with Gasteiger partial charge in [-0.05, 0) is 65.5 Å². The van der Waals surface area contributed by atoms with E-state index in [2.05, 4.69) is 27.4 Å². The third-order valence-electron chi connectivity index (χ3n) is 6.42. The molecule has 3 atom stereocenters. The summed E-state index contributed by atoms with van der Waals surface area (Å²) in [5.74, 6) is -1.04. The molecule has 34 heavy (non-hydrogen) atoms. The normalized spacial score (nSPS) is 18.1. The number of aliphatic hydroxyl groups is 2. The smallest absolute Gasteiger partial charge is 0.305 e. The minimum atomic E-state index is -1.15. The number of hydrogen-bond donors (Lipinski definition) is 3. The van der Waals surface area contributed by atoms with Gasteiger partial charge in [0.1, 0.15) is 5.82 Å². The molecule has 1 aromatic carbocycles. The van der Waals surface area contributed by atoms with Gasteiger partial charge in [0.25, 0.3) is 0 Å². The van der Waals surface area contributed by atoms with Crippen LogP contribution in [0.15, 0.2) is 36.9 Å². The molecule has 5 nitrogen and oxygen atoms in total.